The lowest BCUT2D eigenvalue weighted by Gasteiger charge is -2.26. The first kappa shape index (κ1) is 18.1. The van der Waals surface area contributed by atoms with E-state index < -0.39 is 0 Å². The topological polar surface area (TPSA) is 61.4 Å². The summed E-state index contributed by atoms with van der Waals surface area (Å²) in [5, 5.41) is 5.64. The number of likely N-dealkylation sites (tertiary alicyclic amines) is 1. The fraction of sp³-hybridized carbons (Fsp3) is 0.333. The first-order valence-corrected chi connectivity index (χ1v) is 9.10. The number of nitrogens with zero attached hydrogens (tertiary/aromatic N) is 1. The Morgan fingerprint density at radius 1 is 0.923 bits per heavy atom. The van der Waals surface area contributed by atoms with Gasteiger partial charge in [-0.05, 0) is 67.9 Å². The van der Waals surface area contributed by atoms with Crippen molar-refractivity contribution in [1.29, 1.82) is 0 Å². The van der Waals surface area contributed by atoms with Gasteiger partial charge in [0.25, 0.3) is 5.91 Å². The molecule has 0 radical (unpaired) electrons. The molecule has 2 amide bonds. The molecule has 0 aliphatic carbocycles. The van der Waals surface area contributed by atoms with Gasteiger partial charge in [-0.2, -0.15) is 0 Å². The minimum absolute atomic E-state index is 0.132. The zero-order valence-corrected chi connectivity index (χ0v) is 15.1. The van der Waals surface area contributed by atoms with Crippen LogP contribution in [0, 0.1) is 0 Å². The van der Waals surface area contributed by atoms with Crippen molar-refractivity contribution in [2.24, 2.45) is 0 Å². The molecule has 1 heterocycles. The molecule has 0 aromatic heterocycles. The number of carbonyl (C=O) groups excluding carboxylic acids is 2. The van der Waals surface area contributed by atoms with Crippen LogP contribution in [0.4, 0.5) is 11.4 Å². The van der Waals surface area contributed by atoms with Crippen LogP contribution in [0.15, 0.2) is 48.5 Å². The van der Waals surface area contributed by atoms with Crippen LogP contribution in [-0.2, 0) is 11.3 Å². The molecule has 0 saturated carbocycles. The lowest BCUT2D eigenvalue weighted by Crippen LogP contribution is -2.29. The van der Waals surface area contributed by atoms with Gasteiger partial charge in [-0.1, -0.05) is 18.6 Å². The molecule has 2 aromatic rings. The zero-order chi connectivity index (χ0) is 18.4. The van der Waals surface area contributed by atoms with E-state index in [1.165, 1.54) is 31.7 Å². The number of hydrogen-bond acceptors (Lipinski definition) is 3. The molecule has 3 rings (SSSR count). The second kappa shape index (κ2) is 8.63. The maximum atomic E-state index is 12.4. The summed E-state index contributed by atoms with van der Waals surface area (Å²) in [7, 11) is 0. The Morgan fingerprint density at radius 3 is 2.35 bits per heavy atom. The normalized spacial score (nSPS) is 14.7. The summed E-state index contributed by atoms with van der Waals surface area (Å²) in [6.07, 6.45) is 3.86. The number of benzene rings is 2. The molecule has 2 aromatic carbocycles. The van der Waals surface area contributed by atoms with Crippen molar-refractivity contribution in [3.8, 4) is 0 Å². The van der Waals surface area contributed by atoms with Crippen LogP contribution in [0.1, 0.15) is 42.1 Å². The second-order valence-electron chi connectivity index (χ2n) is 6.75. The number of carbonyl (C=O) groups is 2. The number of nitrogens with one attached hydrogen (secondary N) is 2. The van der Waals surface area contributed by atoms with Gasteiger partial charge in [0.15, 0.2) is 0 Å². The van der Waals surface area contributed by atoms with Crippen LogP contribution in [-0.4, -0.2) is 29.8 Å². The third kappa shape index (κ3) is 5.17. The lowest BCUT2D eigenvalue weighted by molar-refractivity contribution is -0.114. The lowest BCUT2D eigenvalue weighted by atomic mass is 10.1. The molecule has 5 heteroatoms. The van der Waals surface area contributed by atoms with Crippen molar-refractivity contribution >= 4 is 23.2 Å². The molecule has 1 aliphatic heterocycles. The quantitative estimate of drug-likeness (QED) is 0.859. The van der Waals surface area contributed by atoms with E-state index in [1.807, 2.05) is 18.2 Å². The van der Waals surface area contributed by atoms with Gasteiger partial charge in [-0.3, -0.25) is 14.5 Å². The van der Waals surface area contributed by atoms with Gasteiger partial charge in [0.1, 0.15) is 0 Å². The third-order valence-corrected chi connectivity index (χ3v) is 4.51. The van der Waals surface area contributed by atoms with E-state index in [9.17, 15) is 9.59 Å². The third-order valence-electron chi connectivity index (χ3n) is 4.51. The van der Waals surface area contributed by atoms with Gasteiger partial charge < -0.3 is 10.6 Å². The maximum Gasteiger partial charge on any atom is 0.255 e. The van der Waals surface area contributed by atoms with Crippen molar-refractivity contribution in [3.05, 3.63) is 59.7 Å². The maximum absolute atomic E-state index is 12.4. The number of rotatable bonds is 5. The van der Waals surface area contributed by atoms with Crippen LogP contribution in [0.25, 0.3) is 0 Å². The van der Waals surface area contributed by atoms with Gasteiger partial charge in [-0.25, -0.2) is 0 Å². The Morgan fingerprint density at radius 2 is 1.65 bits per heavy atom. The molecule has 0 unspecified atom stereocenters. The number of piperidine rings is 1. The molecular weight excluding hydrogens is 326 g/mol. The standard InChI is InChI=1S/C21H25N3O2/c1-16(25)22-19-10-8-18(9-11-19)21(26)23-20-7-5-6-17(14-20)15-24-12-3-2-4-13-24/h5-11,14H,2-4,12-13,15H2,1H3,(H,22,25)(H,23,26). The summed E-state index contributed by atoms with van der Waals surface area (Å²) in [5.41, 5.74) is 3.25. The Balaban J connectivity index is 1.61. The van der Waals surface area contributed by atoms with Crippen molar-refractivity contribution < 1.29 is 9.59 Å². The van der Waals surface area contributed by atoms with Crippen LogP contribution in [0.5, 0.6) is 0 Å². The average Bonchev–Trinajstić information content (AvgIpc) is 2.63. The Bertz CT molecular complexity index is 765. The molecule has 2 N–H and O–H groups in total. The summed E-state index contributed by atoms with van der Waals surface area (Å²) in [5.74, 6) is -0.290. The van der Waals surface area contributed by atoms with Crippen LogP contribution in [0.2, 0.25) is 0 Å². The van der Waals surface area contributed by atoms with E-state index in [4.69, 9.17) is 0 Å². The minimum atomic E-state index is -0.158. The second-order valence-corrected chi connectivity index (χ2v) is 6.75. The fourth-order valence-corrected chi connectivity index (χ4v) is 3.23. The molecule has 1 aliphatic rings. The average molecular weight is 351 g/mol. The highest BCUT2D eigenvalue weighted by molar-refractivity contribution is 6.04. The number of anilines is 2. The summed E-state index contributed by atoms with van der Waals surface area (Å²) in [6, 6.07) is 14.9. The summed E-state index contributed by atoms with van der Waals surface area (Å²) in [4.78, 5) is 26.0. The number of amides is 2. The van der Waals surface area contributed by atoms with Crippen molar-refractivity contribution in [2.75, 3.05) is 23.7 Å². The molecule has 5 nitrogen and oxygen atoms in total. The van der Waals surface area contributed by atoms with Crippen LogP contribution >= 0.6 is 0 Å². The molecule has 0 spiro atoms. The van der Waals surface area contributed by atoms with E-state index >= 15 is 0 Å². The monoisotopic (exact) mass is 351 g/mol. The van der Waals surface area contributed by atoms with Crippen LogP contribution < -0.4 is 10.6 Å². The Labute approximate surface area is 154 Å². The van der Waals surface area contributed by atoms with E-state index in [1.54, 1.807) is 24.3 Å². The summed E-state index contributed by atoms with van der Waals surface area (Å²) in [6.45, 7) is 4.68. The molecule has 136 valence electrons. The zero-order valence-electron chi connectivity index (χ0n) is 15.1. The molecule has 1 saturated heterocycles. The van der Waals surface area contributed by atoms with Gasteiger partial charge >= 0.3 is 0 Å². The fourth-order valence-electron chi connectivity index (χ4n) is 3.23. The smallest absolute Gasteiger partial charge is 0.255 e. The predicted molar refractivity (Wildman–Crippen MR) is 104 cm³/mol. The van der Waals surface area contributed by atoms with E-state index in [0.717, 1.165) is 25.3 Å². The first-order valence-electron chi connectivity index (χ1n) is 9.10. The Hall–Kier alpha value is -2.66. The highest BCUT2D eigenvalue weighted by atomic mass is 16.2. The van der Waals surface area contributed by atoms with Gasteiger partial charge in [0.05, 0.1) is 0 Å². The van der Waals surface area contributed by atoms with Crippen molar-refractivity contribution in [2.45, 2.75) is 32.7 Å². The molecule has 0 atom stereocenters. The SMILES string of the molecule is CC(=O)Nc1ccc(C(=O)Nc2cccc(CN3CCCCC3)c2)cc1. The summed E-state index contributed by atoms with van der Waals surface area (Å²) < 4.78 is 0. The minimum Gasteiger partial charge on any atom is -0.326 e. The molecule has 26 heavy (non-hydrogen) atoms. The molecular formula is C21H25N3O2. The van der Waals surface area contributed by atoms with Crippen LogP contribution in [0.3, 0.4) is 0 Å². The number of hydrogen-bond donors (Lipinski definition) is 2. The van der Waals surface area contributed by atoms with E-state index in [0.29, 0.717) is 11.3 Å². The predicted octanol–water partition coefficient (Wildman–Crippen LogP) is 3.88. The highest BCUT2D eigenvalue weighted by Gasteiger charge is 2.11. The summed E-state index contributed by atoms with van der Waals surface area (Å²) >= 11 is 0. The van der Waals surface area contributed by atoms with Crippen molar-refractivity contribution in [3.63, 3.8) is 0 Å². The van der Waals surface area contributed by atoms with Gasteiger partial charge in [0, 0.05) is 30.4 Å². The van der Waals surface area contributed by atoms with Gasteiger partial charge in [0.2, 0.25) is 5.91 Å². The first-order chi connectivity index (χ1) is 12.6. The largest absolute Gasteiger partial charge is 0.326 e. The van der Waals surface area contributed by atoms with Gasteiger partial charge in [-0.15, -0.1) is 0 Å². The van der Waals surface area contributed by atoms with Crippen molar-refractivity contribution in [1.82, 2.24) is 4.90 Å². The molecule has 0 bridgehead atoms. The highest BCUT2D eigenvalue weighted by Crippen LogP contribution is 2.17. The van der Waals surface area contributed by atoms with E-state index in [-0.39, 0.29) is 11.8 Å². The van der Waals surface area contributed by atoms with E-state index in [2.05, 4.69) is 21.6 Å². The Kier molecular flexibility index (Phi) is 6.02. The molecule has 1 fully saturated rings.